The van der Waals surface area contributed by atoms with E-state index >= 15 is 0 Å². The molecule has 1 aliphatic carbocycles. The Hall–Kier alpha value is -2.23. The van der Waals surface area contributed by atoms with Crippen molar-refractivity contribution >= 4 is 5.69 Å². The summed E-state index contributed by atoms with van der Waals surface area (Å²) in [7, 11) is 0. The van der Waals surface area contributed by atoms with Crippen molar-refractivity contribution < 1.29 is 13.2 Å². The highest BCUT2D eigenvalue weighted by Gasteiger charge is 2.42. The van der Waals surface area contributed by atoms with Gasteiger partial charge in [-0.3, -0.25) is 0 Å². The van der Waals surface area contributed by atoms with Crippen LogP contribution in [-0.2, 0) is 11.6 Å². The van der Waals surface area contributed by atoms with Crippen LogP contribution in [0, 0.1) is 5.92 Å². The molecular formula is C23H24F3N. The summed E-state index contributed by atoms with van der Waals surface area (Å²) in [5.41, 5.74) is 2.74. The van der Waals surface area contributed by atoms with Gasteiger partial charge in [-0.05, 0) is 40.5 Å². The molecule has 0 spiro atoms. The Bertz CT molecular complexity index is 872. The molecule has 0 unspecified atom stereocenters. The lowest BCUT2D eigenvalue weighted by Gasteiger charge is -2.39. The van der Waals surface area contributed by atoms with Crippen LogP contribution < -0.4 is 5.32 Å². The second-order valence-electron chi connectivity index (χ2n) is 8.62. The van der Waals surface area contributed by atoms with Crippen LogP contribution in [0.25, 0.3) is 0 Å². The number of para-hydroxylation sites is 1. The van der Waals surface area contributed by atoms with Gasteiger partial charge in [0.2, 0.25) is 0 Å². The van der Waals surface area contributed by atoms with Gasteiger partial charge in [-0.25, -0.2) is 0 Å². The molecule has 0 saturated carbocycles. The highest BCUT2D eigenvalue weighted by Crippen LogP contribution is 2.52. The van der Waals surface area contributed by atoms with Crippen molar-refractivity contribution in [3.8, 4) is 0 Å². The number of fused-ring (bicyclic) bond motifs is 3. The van der Waals surface area contributed by atoms with Crippen LogP contribution in [0.4, 0.5) is 18.9 Å². The van der Waals surface area contributed by atoms with Crippen LogP contribution >= 0.6 is 0 Å². The van der Waals surface area contributed by atoms with Crippen molar-refractivity contribution in [1.82, 2.24) is 0 Å². The number of anilines is 1. The fraction of sp³-hybridized carbons (Fsp3) is 0.391. The zero-order valence-corrected chi connectivity index (χ0v) is 15.8. The molecule has 1 aliphatic heterocycles. The summed E-state index contributed by atoms with van der Waals surface area (Å²) in [5.74, 6) is 0.261. The van der Waals surface area contributed by atoms with Gasteiger partial charge in [0.05, 0.1) is 17.3 Å². The molecular weight excluding hydrogens is 347 g/mol. The van der Waals surface area contributed by atoms with Crippen LogP contribution in [-0.4, -0.2) is 0 Å². The summed E-state index contributed by atoms with van der Waals surface area (Å²) in [4.78, 5) is 0. The van der Waals surface area contributed by atoms with Gasteiger partial charge >= 0.3 is 6.18 Å². The molecule has 0 fully saturated rings. The summed E-state index contributed by atoms with van der Waals surface area (Å²) in [6.07, 6.45) is 0.678. The van der Waals surface area contributed by atoms with Gasteiger partial charge in [-0.1, -0.05) is 69.3 Å². The zero-order valence-electron chi connectivity index (χ0n) is 15.8. The number of hydrogen-bond acceptors (Lipinski definition) is 1. The smallest absolute Gasteiger partial charge is 0.377 e. The minimum Gasteiger partial charge on any atom is -0.377 e. The summed E-state index contributed by atoms with van der Waals surface area (Å²) in [6, 6.07) is 12.7. The first kappa shape index (κ1) is 18.1. The van der Waals surface area contributed by atoms with E-state index in [2.05, 4.69) is 62.5 Å². The maximum atomic E-state index is 13.6. The fourth-order valence-corrected chi connectivity index (χ4v) is 4.38. The lowest BCUT2D eigenvalue weighted by Crippen LogP contribution is -2.30. The molecule has 27 heavy (non-hydrogen) atoms. The minimum absolute atomic E-state index is 0.0239. The Morgan fingerprint density at radius 3 is 2.30 bits per heavy atom. The molecule has 0 amide bonds. The van der Waals surface area contributed by atoms with Crippen molar-refractivity contribution in [3.05, 3.63) is 76.9 Å². The molecule has 3 atom stereocenters. The predicted molar refractivity (Wildman–Crippen MR) is 103 cm³/mol. The number of benzene rings is 2. The van der Waals surface area contributed by atoms with Crippen molar-refractivity contribution in [2.24, 2.45) is 5.92 Å². The molecule has 2 aliphatic rings. The Kier molecular flexibility index (Phi) is 4.13. The first-order chi connectivity index (χ1) is 12.7. The Morgan fingerprint density at radius 1 is 0.963 bits per heavy atom. The second-order valence-corrected chi connectivity index (χ2v) is 8.62. The normalized spacial score (nSPS) is 24.3. The largest absolute Gasteiger partial charge is 0.418 e. The molecule has 4 rings (SSSR count). The molecule has 0 radical (unpaired) electrons. The topological polar surface area (TPSA) is 12.0 Å². The Morgan fingerprint density at radius 2 is 1.67 bits per heavy atom. The average Bonchev–Trinajstić information content (AvgIpc) is 3.09. The van der Waals surface area contributed by atoms with Gasteiger partial charge in [0.1, 0.15) is 0 Å². The third-order valence-corrected chi connectivity index (χ3v) is 5.84. The second kappa shape index (κ2) is 6.15. The maximum absolute atomic E-state index is 13.6. The van der Waals surface area contributed by atoms with E-state index in [1.807, 2.05) is 6.07 Å². The number of halogens is 3. The van der Waals surface area contributed by atoms with E-state index in [4.69, 9.17) is 0 Å². The lowest BCUT2D eigenvalue weighted by atomic mass is 9.75. The van der Waals surface area contributed by atoms with E-state index < -0.39 is 11.7 Å². The average molecular weight is 371 g/mol. The third-order valence-electron chi connectivity index (χ3n) is 5.84. The highest BCUT2D eigenvalue weighted by molar-refractivity contribution is 5.65. The monoisotopic (exact) mass is 371 g/mol. The van der Waals surface area contributed by atoms with Gasteiger partial charge in [-0.15, -0.1) is 0 Å². The van der Waals surface area contributed by atoms with Crippen molar-refractivity contribution in [1.29, 1.82) is 0 Å². The summed E-state index contributed by atoms with van der Waals surface area (Å²) in [5, 5.41) is 3.26. The molecule has 0 bridgehead atoms. The molecule has 1 heterocycles. The standard InChI is InChI=1S/C23H24F3N/c1-22(2,3)15-12-10-14(11-13-15)20-17-7-4-6-16(17)18-8-5-9-19(21(18)27-20)23(24,25)26/h4-6,8-13,16-17,20,27H,7H2,1-3H3/t16-,17-,20-/m0/s1. The molecule has 1 N–H and O–H groups in total. The van der Waals surface area contributed by atoms with Gasteiger partial charge in [0.25, 0.3) is 0 Å². The van der Waals surface area contributed by atoms with Crippen molar-refractivity contribution in [2.75, 3.05) is 5.32 Å². The van der Waals surface area contributed by atoms with E-state index in [0.717, 1.165) is 17.5 Å². The first-order valence-electron chi connectivity index (χ1n) is 9.40. The first-order valence-corrected chi connectivity index (χ1v) is 9.40. The van der Waals surface area contributed by atoms with Gasteiger partial charge < -0.3 is 5.32 Å². The van der Waals surface area contributed by atoms with Gasteiger partial charge in [0.15, 0.2) is 0 Å². The number of nitrogens with one attached hydrogen (secondary N) is 1. The van der Waals surface area contributed by atoms with Crippen LogP contribution in [0.5, 0.6) is 0 Å². The van der Waals surface area contributed by atoms with E-state index in [1.165, 1.54) is 17.7 Å². The number of hydrogen-bond donors (Lipinski definition) is 1. The molecule has 0 aromatic heterocycles. The molecule has 1 nitrogen and oxygen atoms in total. The summed E-state index contributed by atoms with van der Waals surface area (Å²) >= 11 is 0. The van der Waals surface area contributed by atoms with Crippen LogP contribution in [0.15, 0.2) is 54.6 Å². The number of alkyl halides is 3. The van der Waals surface area contributed by atoms with Crippen LogP contribution in [0.2, 0.25) is 0 Å². The summed E-state index contributed by atoms with van der Waals surface area (Å²) in [6.45, 7) is 6.47. The van der Waals surface area contributed by atoms with Crippen molar-refractivity contribution in [3.63, 3.8) is 0 Å². The molecule has 2 aromatic carbocycles. The minimum atomic E-state index is -4.37. The SMILES string of the molecule is CC(C)(C)c1ccc([C@@H]2Nc3c(cccc3C(F)(F)F)[C@H]3C=CC[C@@H]32)cc1. The van der Waals surface area contributed by atoms with E-state index in [0.29, 0.717) is 0 Å². The molecule has 0 saturated heterocycles. The van der Waals surface area contributed by atoms with Crippen LogP contribution in [0.3, 0.4) is 0 Å². The molecule has 2 aromatic rings. The van der Waals surface area contributed by atoms with E-state index in [9.17, 15) is 13.2 Å². The Balaban J connectivity index is 1.77. The summed E-state index contributed by atoms with van der Waals surface area (Å²) < 4.78 is 40.7. The number of allylic oxidation sites excluding steroid dienone is 2. The quantitative estimate of drug-likeness (QED) is 0.542. The zero-order chi connectivity index (χ0) is 19.4. The van der Waals surface area contributed by atoms with Gasteiger partial charge in [-0.2, -0.15) is 13.2 Å². The fourth-order valence-electron chi connectivity index (χ4n) is 4.38. The Labute approximate surface area is 158 Å². The third kappa shape index (κ3) is 3.15. The van der Waals surface area contributed by atoms with E-state index in [1.54, 1.807) is 0 Å². The highest BCUT2D eigenvalue weighted by atomic mass is 19.4. The van der Waals surface area contributed by atoms with Crippen molar-refractivity contribution in [2.45, 2.75) is 50.7 Å². The van der Waals surface area contributed by atoms with Gasteiger partial charge in [0, 0.05) is 5.92 Å². The van der Waals surface area contributed by atoms with Crippen LogP contribution in [0.1, 0.15) is 61.4 Å². The van der Waals surface area contributed by atoms with E-state index in [-0.39, 0.29) is 29.0 Å². The predicted octanol–water partition coefficient (Wildman–Crippen LogP) is 6.83. The molecule has 4 heteroatoms. The lowest BCUT2D eigenvalue weighted by molar-refractivity contribution is -0.137. The maximum Gasteiger partial charge on any atom is 0.418 e. The number of rotatable bonds is 1. The molecule has 142 valence electrons.